The molecule has 0 N–H and O–H groups in total. The van der Waals surface area contributed by atoms with Gasteiger partial charge in [0.15, 0.2) is 5.13 Å². The number of hydrogen-bond acceptors (Lipinski definition) is 6. The first-order valence-corrected chi connectivity index (χ1v) is 7.84. The molecule has 0 spiro atoms. The summed E-state index contributed by atoms with van der Waals surface area (Å²) in [7, 11) is 0. The summed E-state index contributed by atoms with van der Waals surface area (Å²) in [4.78, 5) is 13.5. The fourth-order valence-electron chi connectivity index (χ4n) is 2.59. The first-order chi connectivity index (χ1) is 9.72. The van der Waals surface area contributed by atoms with Gasteiger partial charge < -0.3 is 4.90 Å². The molecule has 1 aliphatic rings. The van der Waals surface area contributed by atoms with E-state index in [9.17, 15) is 0 Å². The van der Waals surface area contributed by atoms with Gasteiger partial charge in [-0.25, -0.2) is 9.97 Å². The van der Waals surface area contributed by atoms with E-state index in [2.05, 4.69) is 44.1 Å². The largest absolute Gasteiger partial charge is 0.343 e. The lowest BCUT2D eigenvalue weighted by atomic mass is 10.2. The van der Waals surface area contributed by atoms with Gasteiger partial charge in [-0.15, -0.1) is 11.3 Å². The summed E-state index contributed by atoms with van der Waals surface area (Å²) in [5.74, 6) is 0. The summed E-state index contributed by atoms with van der Waals surface area (Å²) in [6, 6.07) is 0.505. The molecule has 3 rings (SSSR count). The fraction of sp³-hybridized carbons (Fsp3) is 0.615. The highest BCUT2D eigenvalue weighted by atomic mass is 32.1. The van der Waals surface area contributed by atoms with Gasteiger partial charge in [-0.1, -0.05) is 0 Å². The molecule has 0 amide bonds. The van der Waals surface area contributed by atoms with Crippen LogP contribution in [0.4, 0.5) is 5.13 Å². The van der Waals surface area contributed by atoms with Crippen molar-refractivity contribution in [2.75, 3.05) is 31.1 Å². The summed E-state index contributed by atoms with van der Waals surface area (Å²) in [6.07, 6.45) is 3.36. The molecule has 0 aromatic carbocycles. The second-order valence-corrected chi connectivity index (χ2v) is 6.11. The van der Waals surface area contributed by atoms with E-state index in [0.29, 0.717) is 6.04 Å². The number of piperazine rings is 1. The van der Waals surface area contributed by atoms with Crippen molar-refractivity contribution < 1.29 is 0 Å². The van der Waals surface area contributed by atoms with Crippen LogP contribution in [0.15, 0.2) is 18.0 Å². The predicted molar refractivity (Wildman–Crippen MR) is 80.1 cm³/mol. The molecule has 0 radical (unpaired) electrons. The zero-order valence-corrected chi connectivity index (χ0v) is 12.8. The third-order valence-electron chi connectivity index (χ3n) is 3.68. The Labute approximate surface area is 123 Å². The summed E-state index contributed by atoms with van der Waals surface area (Å²) >= 11 is 1.75. The summed E-state index contributed by atoms with van der Waals surface area (Å²) in [5.41, 5.74) is 1.12. The van der Waals surface area contributed by atoms with Crippen molar-refractivity contribution in [3.8, 4) is 0 Å². The number of hydrogen-bond donors (Lipinski definition) is 0. The molecule has 3 heterocycles. The third kappa shape index (κ3) is 2.99. The minimum absolute atomic E-state index is 0.505. The number of rotatable bonds is 4. The van der Waals surface area contributed by atoms with Crippen LogP contribution in [-0.4, -0.2) is 56.9 Å². The zero-order chi connectivity index (χ0) is 13.9. The van der Waals surface area contributed by atoms with Gasteiger partial charge in [0.25, 0.3) is 0 Å². The quantitative estimate of drug-likeness (QED) is 0.849. The lowest BCUT2D eigenvalue weighted by Gasteiger charge is -2.39. The highest BCUT2D eigenvalue weighted by molar-refractivity contribution is 7.13. The molecule has 108 valence electrons. The van der Waals surface area contributed by atoms with E-state index in [0.717, 1.165) is 43.5 Å². The normalized spacial score (nSPS) is 20.5. The van der Waals surface area contributed by atoms with Crippen molar-refractivity contribution in [2.24, 2.45) is 0 Å². The van der Waals surface area contributed by atoms with E-state index in [-0.39, 0.29) is 0 Å². The van der Waals surface area contributed by atoms with Gasteiger partial charge in [0, 0.05) is 37.6 Å². The van der Waals surface area contributed by atoms with Crippen LogP contribution in [0, 0.1) is 6.92 Å². The summed E-state index contributed by atoms with van der Waals surface area (Å²) in [6.45, 7) is 9.47. The Kier molecular flexibility index (Phi) is 3.98. The Balaban J connectivity index is 1.54. The van der Waals surface area contributed by atoms with Crippen molar-refractivity contribution in [3.63, 3.8) is 0 Å². The minimum atomic E-state index is 0.505. The first-order valence-electron chi connectivity index (χ1n) is 6.96. The van der Waals surface area contributed by atoms with Crippen LogP contribution in [0.3, 0.4) is 0 Å². The monoisotopic (exact) mass is 292 g/mol. The predicted octanol–water partition coefficient (Wildman–Crippen LogP) is 1.25. The van der Waals surface area contributed by atoms with Crippen molar-refractivity contribution in [1.82, 2.24) is 24.6 Å². The van der Waals surface area contributed by atoms with Crippen LogP contribution in [0.5, 0.6) is 0 Å². The van der Waals surface area contributed by atoms with Crippen LogP contribution in [-0.2, 0) is 6.54 Å². The zero-order valence-electron chi connectivity index (χ0n) is 11.9. The lowest BCUT2D eigenvalue weighted by Crippen LogP contribution is -2.52. The van der Waals surface area contributed by atoms with E-state index in [1.807, 2.05) is 4.68 Å². The van der Waals surface area contributed by atoms with E-state index in [1.165, 1.54) is 0 Å². The molecule has 2 aromatic rings. The van der Waals surface area contributed by atoms with Crippen LogP contribution in [0.25, 0.3) is 0 Å². The molecule has 7 heteroatoms. The Morgan fingerprint density at radius 3 is 2.90 bits per heavy atom. The summed E-state index contributed by atoms with van der Waals surface area (Å²) in [5, 5.41) is 7.43. The first kappa shape index (κ1) is 13.5. The average molecular weight is 292 g/mol. The number of thiazole rings is 1. The van der Waals surface area contributed by atoms with E-state index >= 15 is 0 Å². The maximum Gasteiger partial charge on any atom is 0.185 e. The highest BCUT2D eigenvalue weighted by Gasteiger charge is 2.25. The van der Waals surface area contributed by atoms with Crippen LogP contribution >= 0.6 is 11.3 Å². The Morgan fingerprint density at radius 2 is 2.25 bits per heavy atom. The smallest absolute Gasteiger partial charge is 0.185 e. The highest BCUT2D eigenvalue weighted by Crippen LogP contribution is 2.24. The van der Waals surface area contributed by atoms with E-state index < -0.39 is 0 Å². The van der Waals surface area contributed by atoms with Crippen molar-refractivity contribution in [1.29, 1.82) is 0 Å². The van der Waals surface area contributed by atoms with E-state index in [4.69, 9.17) is 0 Å². The van der Waals surface area contributed by atoms with Crippen molar-refractivity contribution in [3.05, 3.63) is 23.7 Å². The van der Waals surface area contributed by atoms with Crippen LogP contribution in [0.1, 0.15) is 12.6 Å². The van der Waals surface area contributed by atoms with Gasteiger partial charge in [0.1, 0.15) is 12.7 Å². The molecule has 2 aromatic heterocycles. The Bertz CT molecular complexity index is 537. The average Bonchev–Trinajstić information content (AvgIpc) is 3.08. The topological polar surface area (TPSA) is 50.1 Å². The van der Waals surface area contributed by atoms with Crippen LogP contribution < -0.4 is 4.90 Å². The second kappa shape index (κ2) is 5.88. The molecule has 0 unspecified atom stereocenters. The molecule has 1 fully saturated rings. The molecule has 1 atom stereocenters. The molecule has 1 aliphatic heterocycles. The van der Waals surface area contributed by atoms with Crippen LogP contribution in [0.2, 0.25) is 0 Å². The van der Waals surface area contributed by atoms with Gasteiger partial charge in [-0.05, 0) is 13.8 Å². The number of nitrogens with zero attached hydrogens (tertiary/aromatic N) is 6. The Morgan fingerprint density at radius 1 is 1.35 bits per heavy atom. The number of aromatic nitrogens is 4. The number of aryl methyl sites for hydroxylation is 1. The van der Waals surface area contributed by atoms with Gasteiger partial charge >= 0.3 is 0 Å². The molecule has 0 aliphatic carbocycles. The van der Waals surface area contributed by atoms with Crippen molar-refractivity contribution in [2.45, 2.75) is 26.4 Å². The van der Waals surface area contributed by atoms with E-state index in [1.54, 1.807) is 24.0 Å². The molecular formula is C13H20N6S. The standard InChI is InChI=1S/C13H20N6S/c1-11-8-20-13(16-11)19-6-4-17(7-12(19)2)3-5-18-10-14-9-15-18/h8-10,12H,3-7H2,1-2H3/t12-/m0/s1. The maximum absolute atomic E-state index is 4.60. The van der Waals surface area contributed by atoms with Gasteiger partial charge in [0.05, 0.1) is 12.2 Å². The lowest BCUT2D eigenvalue weighted by molar-refractivity contribution is 0.218. The van der Waals surface area contributed by atoms with Gasteiger partial charge in [-0.3, -0.25) is 9.58 Å². The molecule has 0 saturated carbocycles. The molecule has 0 bridgehead atoms. The Hall–Kier alpha value is -1.47. The third-order valence-corrected chi connectivity index (χ3v) is 4.67. The van der Waals surface area contributed by atoms with Gasteiger partial charge in [0.2, 0.25) is 0 Å². The molecular weight excluding hydrogens is 272 g/mol. The number of anilines is 1. The molecule has 20 heavy (non-hydrogen) atoms. The SMILES string of the molecule is Cc1csc(N2CCN(CCn3cncn3)C[C@@H]2C)n1. The van der Waals surface area contributed by atoms with Crippen molar-refractivity contribution >= 4 is 16.5 Å². The maximum atomic E-state index is 4.60. The van der Waals surface area contributed by atoms with Gasteiger partial charge in [-0.2, -0.15) is 5.10 Å². The molecule has 1 saturated heterocycles. The summed E-state index contributed by atoms with van der Waals surface area (Å²) < 4.78 is 1.89. The molecule has 6 nitrogen and oxygen atoms in total. The fourth-order valence-corrected chi connectivity index (χ4v) is 3.52. The second-order valence-electron chi connectivity index (χ2n) is 5.27. The minimum Gasteiger partial charge on any atom is -0.343 e.